The van der Waals surface area contributed by atoms with Gasteiger partial charge < -0.3 is 0 Å². The first-order chi connectivity index (χ1) is 10.6. The largest absolute Gasteiger partial charge is 0.294 e. The van der Waals surface area contributed by atoms with Crippen LogP contribution in [0.25, 0.3) is 0 Å². The first-order valence-electron chi connectivity index (χ1n) is 8.61. The Morgan fingerprint density at radius 2 is 1.30 bits per heavy atom. The molecule has 1 aromatic rings. The van der Waals surface area contributed by atoms with Crippen molar-refractivity contribution in [2.45, 2.75) is 82.4 Å². The van der Waals surface area contributed by atoms with E-state index in [1.807, 2.05) is 6.07 Å². The molecule has 3 nitrogen and oxygen atoms in total. The fourth-order valence-electron chi connectivity index (χ4n) is 2.76. The van der Waals surface area contributed by atoms with E-state index in [1.165, 1.54) is 57.4 Å². The van der Waals surface area contributed by atoms with Gasteiger partial charge in [-0.3, -0.25) is 4.55 Å². The Hall–Kier alpha value is -0.580. The average molecular weight is 363 g/mol. The van der Waals surface area contributed by atoms with E-state index in [1.54, 1.807) is 12.1 Å². The predicted molar refractivity (Wildman–Crippen MR) is 99.1 cm³/mol. The van der Waals surface area contributed by atoms with Crippen molar-refractivity contribution in [3.05, 3.63) is 29.8 Å². The molecule has 0 saturated heterocycles. The molecule has 1 rings (SSSR count). The zero-order valence-electron chi connectivity index (χ0n) is 14.2. The molecular weight excluding hydrogens is 332 g/mol. The molecule has 0 atom stereocenters. The summed E-state index contributed by atoms with van der Waals surface area (Å²) in [5.74, 6) is 0. The molecule has 0 radical (unpaired) electrons. The fraction of sp³-hybridized carbons (Fsp3) is 0.667. The Kier molecular flexibility index (Phi) is 12.5. The molecule has 0 aliphatic heterocycles. The van der Waals surface area contributed by atoms with Crippen LogP contribution < -0.4 is 0 Å². The lowest BCUT2D eigenvalue weighted by atomic mass is 10.0. The van der Waals surface area contributed by atoms with Crippen molar-refractivity contribution in [2.75, 3.05) is 0 Å². The summed E-state index contributed by atoms with van der Waals surface area (Å²) in [5, 5.41) is 0. The van der Waals surface area contributed by atoms with Crippen molar-refractivity contribution < 1.29 is 13.0 Å². The smallest absolute Gasteiger partial charge is 0.282 e. The van der Waals surface area contributed by atoms with Crippen molar-refractivity contribution in [1.29, 1.82) is 0 Å². The molecule has 0 spiro atoms. The molecule has 0 saturated carbocycles. The van der Waals surface area contributed by atoms with Crippen LogP contribution in [-0.4, -0.2) is 13.0 Å². The van der Waals surface area contributed by atoms with Crippen molar-refractivity contribution in [2.24, 2.45) is 0 Å². The first-order valence-corrected chi connectivity index (χ1v) is 10.0. The van der Waals surface area contributed by atoms with Gasteiger partial charge in [0.05, 0.1) is 4.90 Å². The molecule has 0 aliphatic rings. The summed E-state index contributed by atoms with van der Waals surface area (Å²) in [6.45, 7) is 2.24. The van der Waals surface area contributed by atoms with Gasteiger partial charge in [0.1, 0.15) is 0 Å². The second kappa shape index (κ2) is 12.8. The monoisotopic (exact) mass is 362 g/mol. The second-order valence-corrected chi connectivity index (χ2v) is 7.40. The molecule has 0 unspecified atom stereocenters. The molecule has 23 heavy (non-hydrogen) atoms. The molecule has 0 aromatic heterocycles. The number of unbranched alkanes of at least 4 members (excludes halogenated alkanes) is 9. The van der Waals surface area contributed by atoms with Gasteiger partial charge in [-0.1, -0.05) is 82.9 Å². The molecule has 1 N–H and O–H groups in total. The normalized spacial score (nSPS) is 11.2. The SMILES string of the molecule is CCCCCCCCCCCCc1ccccc1S(=O)(=O)O.Cl. The lowest BCUT2D eigenvalue weighted by Gasteiger charge is -2.07. The van der Waals surface area contributed by atoms with Gasteiger partial charge >= 0.3 is 0 Å². The summed E-state index contributed by atoms with van der Waals surface area (Å²) in [5.41, 5.74) is 0.726. The molecule has 134 valence electrons. The average Bonchev–Trinajstić information content (AvgIpc) is 2.48. The van der Waals surface area contributed by atoms with E-state index in [0.717, 1.165) is 18.4 Å². The Bertz CT molecular complexity index is 515. The lowest BCUT2D eigenvalue weighted by Crippen LogP contribution is -2.03. The highest BCUT2D eigenvalue weighted by atomic mass is 35.5. The van der Waals surface area contributed by atoms with Gasteiger partial charge in [0.15, 0.2) is 0 Å². The number of halogens is 1. The second-order valence-electron chi connectivity index (χ2n) is 6.01. The number of rotatable bonds is 12. The Balaban J connectivity index is 0.00000484. The van der Waals surface area contributed by atoms with Crippen molar-refractivity contribution in [3.63, 3.8) is 0 Å². The lowest BCUT2D eigenvalue weighted by molar-refractivity contribution is 0.481. The maximum atomic E-state index is 11.3. The van der Waals surface area contributed by atoms with Crippen LogP contribution in [0, 0.1) is 0 Å². The van der Waals surface area contributed by atoms with Crippen LogP contribution in [0.1, 0.15) is 76.7 Å². The summed E-state index contributed by atoms with van der Waals surface area (Å²) in [6.07, 6.45) is 13.3. The van der Waals surface area contributed by atoms with Crippen LogP contribution in [0.3, 0.4) is 0 Å². The van der Waals surface area contributed by atoms with E-state index in [4.69, 9.17) is 0 Å². The molecule has 5 heteroatoms. The van der Waals surface area contributed by atoms with Crippen molar-refractivity contribution in [1.82, 2.24) is 0 Å². The van der Waals surface area contributed by atoms with E-state index in [2.05, 4.69) is 6.92 Å². The quantitative estimate of drug-likeness (QED) is 0.376. The minimum atomic E-state index is -4.10. The van der Waals surface area contributed by atoms with Crippen LogP contribution in [0.4, 0.5) is 0 Å². The van der Waals surface area contributed by atoms with Gasteiger partial charge in [-0.15, -0.1) is 12.4 Å². The summed E-state index contributed by atoms with van der Waals surface area (Å²) in [7, 11) is -4.10. The highest BCUT2D eigenvalue weighted by molar-refractivity contribution is 7.85. The molecule has 0 bridgehead atoms. The third-order valence-corrected chi connectivity index (χ3v) is 5.00. The van der Waals surface area contributed by atoms with E-state index in [9.17, 15) is 13.0 Å². The number of hydrogen-bond donors (Lipinski definition) is 1. The standard InChI is InChI=1S/C18H30O3S.ClH/c1-2-3-4-5-6-7-8-9-10-11-14-17-15-12-13-16-18(17)22(19,20)21;/h12-13,15-16H,2-11,14H2,1H3,(H,19,20,21);1H. The molecule has 0 amide bonds. The molecule has 0 aliphatic carbocycles. The number of benzene rings is 1. The summed E-state index contributed by atoms with van der Waals surface area (Å²) >= 11 is 0. The number of hydrogen-bond acceptors (Lipinski definition) is 2. The molecule has 1 aromatic carbocycles. The van der Waals surface area contributed by atoms with Crippen LogP contribution in [0.5, 0.6) is 0 Å². The molecule has 0 fully saturated rings. The maximum Gasteiger partial charge on any atom is 0.294 e. The highest BCUT2D eigenvalue weighted by Crippen LogP contribution is 2.18. The van der Waals surface area contributed by atoms with Crippen LogP contribution in [0.2, 0.25) is 0 Å². The maximum absolute atomic E-state index is 11.3. The Labute approximate surface area is 148 Å². The third kappa shape index (κ3) is 10.0. The Morgan fingerprint density at radius 1 is 0.826 bits per heavy atom. The van der Waals surface area contributed by atoms with Gasteiger partial charge in [0.25, 0.3) is 10.1 Å². The highest BCUT2D eigenvalue weighted by Gasteiger charge is 2.13. The van der Waals surface area contributed by atoms with Gasteiger partial charge in [-0.25, -0.2) is 0 Å². The van der Waals surface area contributed by atoms with Gasteiger partial charge in [0.2, 0.25) is 0 Å². The van der Waals surface area contributed by atoms with E-state index in [0.29, 0.717) is 6.42 Å². The Morgan fingerprint density at radius 3 is 1.83 bits per heavy atom. The van der Waals surface area contributed by atoms with E-state index in [-0.39, 0.29) is 17.3 Å². The van der Waals surface area contributed by atoms with Crippen molar-refractivity contribution in [3.8, 4) is 0 Å². The number of aryl methyl sites for hydroxylation is 1. The van der Waals surface area contributed by atoms with Gasteiger partial charge in [0, 0.05) is 0 Å². The minimum absolute atomic E-state index is 0. The summed E-state index contributed by atoms with van der Waals surface area (Å²) in [4.78, 5) is 0.0610. The van der Waals surface area contributed by atoms with Crippen molar-refractivity contribution >= 4 is 22.5 Å². The fourth-order valence-corrected chi connectivity index (χ4v) is 3.52. The topological polar surface area (TPSA) is 54.4 Å². The molecular formula is C18H31ClO3S. The summed E-state index contributed by atoms with van der Waals surface area (Å²) in [6, 6.07) is 6.73. The van der Waals surface area contributed by atoms with E-state index < -0.39 is 10.1 Å². The van der Waals surface area contributed by atoms with Crippen LogP contribution >= 0.6 is 12.4 Å². The minimum Gasteiger partial charge on any atom is -0.282 e. The zero-order chi connectivity index (χ0) is 16.3. The van der Waals surface area contributed by atoms with Crippen LogP contribution in [0.15, 0.2) is 29.2 Å². The van der Waals surface area contributed by atoms with Crippen LogP contribution in [-0.2, 0) is 16.5 Å². The summed E-state index contributed by atoms with van der Waals surface area (Å²) < 4.78 is 31.8. The zero-order valence-corrected chi connectivity index (χ0v) is 15.8. The van der Waals surface area contributed by atoms with E-state index >= 15 is 0 Å². The van der Waals surface area contributed by atoms with Gasteiger partial charge in [-0.2, -0.15) is 8.42 Å². The van der Waals surface area contributed by atoms with Gasteiger partial charge in [-0.05, 0) is 24.5 Å². The predicted octanol–water partition coefficient (Wildman–Crippen LogP) is 5.82. The first kappa shape index (κ1) is 22.4. The molecule has 0 heterocycles. The third-order valence-electron chi connectivity index (χ3n) is 4.05.